The van der Waals surface area contributed by atoms with Crippen LogP contribution in [0.15, 0.2) is 36.5 Å². The van der Waals surface area contributed by atoms with Crippen LogP contribution in [0.25, 0.3) is 0 Å². The van der Waals surface area contributed by atoms with Crippen molar-refractivity contribution < 1.29 is 28.6 Å². The fraction of sp³-hybridized carbons (Fsp3) is 0.857. The van der Waals surface area contributed by atoms with Gasteiger partial charge in [-0.05, 0) is 77.0 Å². The lowest BCUT2D eigenvalue weighted by atomic mass is 10.0. The Morgan fingerprint density at radius 1 is 0.290 bits per heavy atom. The van der Waals surface area contributed by atoms with Gasteiger partial charge in [-0.15, -0.1) is 0 Å². The Balaban J connectivity index is 4.33. The molecule has 0 fully saturated rings. The Kier molecular flexibility index (Phi) is 56.2. The van der Waals surface area contributed by atoms with Crippen molar-refractivity contribution in [3.63, 3.8) is 0 Å². The predicted molar refractivity (Wildman–Crippen MR) is 298 cm³/mol. The van der Waals surface area contributed by atoms with Crippen LogP contribution in [0.5, 0.6) is 0 Å². The van der Waals surface area contributed by atoms with Gasteiger partial charge in [-0.1, -0.05) is 269 Å². The van der Waals surface area contributed by atoms with Crippen LogP contribution in [0.2, 0.25) is 0 Å². The quantitative estimate of drug-likeness (QED) is 0.0261. The van der Waals surface area contributed by atoms with E-state index in [1.807, 2.05) is 0 Å². The number of esters is 3. The summed E-state index contributed by atoms with van der Waals surface area (Å²) >= 11 is 0. The summed E-state index contributed by atoms with van der Waals surface area (Å²) in [7, 11) is 0. The van der Waals surface area contributed by atoms with Gasteiger partial charge in [0.2, 0.25) is 0 Å². The van der Waals surface area contributed by atoms with Crippen LogP contribution in [0, 0.1) is 0 Å². The number of ether oxygens (including phenoxy) is 3. The lowest BCUT2D eigenvalue weighted by Gasteiger charge is -2.18. The predicted octanol–water partition coefficient (Wildman–Crippen LogP) is 20.4. The largest absolute Gasteiger partial charge is 0.462 e. The van der Waals surface area contributed by atoms with E-state index in [1.54, 1.807) is 0 Å². The highest BCUT2D eigenvalue weighted by atomic mass is 16.6. The van der Waals surface area contributed by atoms with Crippen molar-refractivity contribution in [2.24, 2.45) is 0 Å². The van der Waals surface area contributed by atoms with Crippen molar-refractivity contribution in [3.8, 4) is 0 Å². The molecule has 6 nitrogen and oxygen atoms in total. The van der Waals surface area contributed by atoms with Crippen molar-refractivity contribution in [2.45, 2.75) is 335 Å². The molecule has 0 aromatic rings. The summed E-state index contributed by atoms with van der Waals surface area (Å²) < 4.78 is 16.9. The average Bonchev–Trinajstić information content (AvgIpc) is 3.35. The van der Waals surface area contributed by atoms with E-state index >= 15 is 0 Å². The van der Waals surface area contributed by atoms with Crippen LogP contribution in [0.4, 0.5) is 0 Å². The van der Waals surface area contributed by atoms with E-state index in [4.69, 9.17) is 14.2 Å². The second-order valence-electron chi connectivity index (χ2n) is 20.6. The third-order valence-electron chi connectivity index (χ3n) is 13.6. The standard InChI is InChI=1S/C63H116O6/c1-4-7-10-13-16-19-22-25-28-30-31-33-36-38-41-44-47-50-53-56-62(65)68-59-60(69-63(66)57-54-51-48-45-42-39-34-27-24-21-18-15-12-9-6-3)58-67-61(64)55-52-49-46-43-40-37-35-32-29-26-23-20-17-14-11-8-5-2/h17,20,25-26,28-29,60H,4-16,18-19,21-24,27,30-59H2,1-3H3/b20-17-,28-25-,29-26-/t60-/m1/s1. The fourth-order valence-corrected chi connectivity index (χ4v) is 9.00. The summed E-state index contributed by atoms with van der Waals surface area (Å²) in [5.41, 5.74) is 0. The first-order valence-electron chi connectivity index (χ1n) is 30.5. The van der Waals surface area contributed by atoms with Gasteiger partial charge >= 0.3 is 17.9 Å². The first-order chi connectivity index (χ1) is 34.0. The van der Waals surface area contributed by atoms with Crippen molar-refractivity contribution in [3.05, 3.63) is 36.5 Å². The van der Waals surface area contributed by atoms with E-state index in [0.717, 1.165) is 70.6 Å². The van der Waals surface area contributed by atoms with Gasteiger partial charge in [0.1, 0.15) is 13.2 Å². The van der Waals surface area contributed by atoms with Crippen LogP contribution in [0.1, 0.15) is 329 Å². The minimum atomic E-state index is -0.773. The number of allylic oxidation sites excluding steroid dienone is 6. The Labute approximate surface area is 429 Å². The van der Waals surface area contributed by atoms with Crippen LogP contribution >= 0.6 is 0 Å². The van der Waals surface area contributed by atoms with Gasteiger partial charge in [0.15, 0.2) is 6.10 Å². The molecule has 69 heavy (non-hydrogen) atoms. The Morgan fingerprint density at radius 2 is 0.522 bits per heavy atom. The maximum Gasteiger partial charge on any atom is 0.306 e. The highest BCUT2D eigenvalue weighted by molar-refractivity contribution is 5.71. The molecule has 0 amide bonds. The van der Waals surface area contributed by atoms with Crippen molar-refractivity contribution in [1.29, 1.82) is 0 Å². The maximum absolute atomic E-state index is 12.9. The Bertz CT molecular complexity index is 1160. The van der Waals surface area contributed by atoms with E-state index in [-0.39, 0.29) is 31.1 Å². The number of rotatable bonds is 56. The van der Waals surface area contributed by atoms with Gasteiger partial charge in [-0.2, -0.15) is 0 Å². The van der Waals surface area contributed by atoms with E-state index < -0.39 is 6.10 Å². The molecule has 0 N–H and O–H groups in total. The van der Waals surface area contributed by atoms with Crippen LogP contribution < -0.4 is 0 Å². The molecule has 404 valence electrons. The smallest absolute Gasteiger partial charge is 0.306 e. The molecule has 0 heterocycles. The summed E-state index contributed by atoms with van der Waals surface area (Å²) in [5, 5.41) is 0. The highest BCUT2D eigenvalue weighted by Gasteiger charge is 2.19. The zero-order chi connectivity index (χ0) is 50.0. The van der Waals surface area contributed by atoms with Gasteiger partial charge < -0.3 is 14.2 Å². The van der Waals surface area contributed by atoms with Crippen LogP contribution in [0.3, 0.4) is 0 Å². The van der Waals surface area contributed by atoms with Crippen molar-refractivity contribution in [1.82, 2.24) is 0 Å². The minimum absolute atomic E-state index is 0.0718. The summed E-state index contributed by atoms with van der Waals surface area (Å²) in [6.07, 6.45) is 69.9. The van der Waals surface area contributed by atoms with Gasteiger partial charge in [-0.3, -0.25) is 14.4 Å². The number of carbonyl (C=O) groups excluding carboxylic acids is 3. The summed E-state index contributed by atoms with van der Waals surface area (Å²) in [6.45, 7) is 6.65. The minimum Gasteiger partial charge on any atom is -0.462 e. The van der Waals surface area contributed by atoms with E-state index in [9.17, 15) is 14.4 Å². The lowest BCUT2D eigenvalue weighted by Crippen LogP contribution is -2.30. The van der Waals surface area contributed by atoms with E-state index in [1.165, 1.54) is 218 Å². The van der Waals surface area contributed by atoms with Gasteiger partial charge in [-0.25, -0.2) is 0 Å². The Hall–Kier alpha value is -2.37. The Morgan fingerprint density at radius 3 is 0.841 bits per heavy atom. The molecule has 6 heteroatoms. The number of unbranched alkanes of at least 4 members (excludes halogenated alkanes) is 39. The third-order valence-corrected chi connectivity index (χ3v) is 13.6. The van der Waals surface area contributed by atoms with Gasteiger partial charge in [0.25, 0.3) is 0 Å². The maximum atomic E-state index is 12.9. The molecular formula is C63H116O6. The zero-order valence-electron chi connectivity index (χ0n) is 46.3. The number of hydrogen-bond acceptors (Lipinski definition) is 6. The second kappa shape index (κ2) is 58.2. The number of carbonyl (C=O) groups is 3. The van der Waals surface area contributed by atoms with Crippen LogP contribution in [-0.4, -0.2) is 37.2 Å². The molecule has 0 saturated heterocycles. The van der Waals surface area contributed by atoms with Gasteiger partial charge in [0, 0.05) is 19.3 Å². The molecule has 1 atom stereocenters. The first kappa shape index (κ1) is 66.6. The molecule has 0 radical (unpaired) electrons. The highest BCUT2D eigenvalue weighted by Crippen LogP contribution is 2.17. The molecule has 0 aliphatic carbocycles. The molecule has 0 aliphatic heterocycles. The summed E-state index contributed by atoms with van der Waals surface area (Å²) in [6, 6.07) is 0. The monoisotopic (exact) mass is 969 g/mol. The molecule has 0 rings (SSSR count). The number of hydrogen-bond donors (Lipinski definition) is 0. The molecule has 0 aliphatic rings. The first-order valence-corrected chi connectivity index (χ1v) is 30.5. The van der Waals surface area contributed by atoms with Crippen molar-refractivity contribution >= 4 is 17.9 Å². The third kappa shape index (κ3) is 56.4. The SMILES string of the molecule is CCCCC/C=C\C/C=C\CCCCCCCCCC(=O)OC[C@H](COC(=O)CCCCCCCCCCC/C=C\CCCCCCCC)OC(=O)CCCCCCCCCCCCCCCCC. The molecular weight excluding hydrogens is 853 g/mol. The van der Waals surface area contributed by atoms with Crippen LogP contribution in [-0.2, 0) is 28.6 Å². The van der Waals surface area contributed by atoms with Crippen molar-refractivity contribution in [2.75, 3.05) is 13.2 Å². The molecule has 0 saturated carbocycles. The molecule has 0 unspecified atom stereocenters. The molecule has 0 aromatic heterocycles. The normalized spacial score (nSPS) is 12.2. The average molecular weight is 970 g/mol. The topological polar surface area (TPSA) is 78.9 Å². The zero-order valence-corrected chi connectivity index (χ0v) is 46.3. The van der Waals surface area contributed by atoms with E-state index in [2.05, 4.69) is 57.2 Å². The fourth-order valence-electron chi connectivity index (χ4n) is 9.00. The second-order valence-corrected chi connectivity index (χ2v) is 20.6. The van der Waals surface area contributed by atoms with Gasteiger partial charge in [0.05, 0.1) is 0 Å². The molecule has 0 bridgehead atoms. The molecule has 0 aromatic carbocycles. The lowest BCUT2D eigenvalue weighted by molar-refractivity contribution is -0.167. The summed E-state index contributed by atoms with van der Waals surface area (Å²) in [4.78, 5) is 38.2. The molecule has 0 spiro atoms. The van der Waals surface area contributed by atoms with E-state index in [0.29, 0.717) is 19.3 Å². The summed E-state index contributed by atoms with van der Waals surface area (Å²) in [5.74, 6) is -0.861.